The Hall–Kier alpha value is -2.47. The van der Waals surface area contributed by atoms with Crippen molar-refractivity contribution >= 4 is 64.3 Å². The standard InChI is InChI=1S/C18H14ClN5O3S3/c19-15-7-2-1-5-13(15)10-28-17-22-23-18(30-17)29-11-16(25)21-20-9-12-4-3-6-14(8-12)24(26)27/h1-9H,10-11H2,(H,21,25). The predicted molar refractivity (Wildman–Crippen MR) is 120 cm³/mol. The van der Waals surface area contributed by atoms with Gasteiger partial charge in [0.15, 0.2) is 8.68 Å². The van der Waals surface area contributed by atoms with Crippen LogP contribution in [0.25, 0.3) is 0 Å². The summed E-state index contributed by atoms with van der Waals surface area (Å²) in [4.78, 5) is 22.2. The fraction of sp³-hybridized carbons (Fsp3) is 0.111. The SMILES string of the molecule is O=C(CSc1nnc(SCc2ccccc2Cl)s1)NN=Cc1cccc([N+](=O)[O-])c1. The maximum absolute atomic E-state index is 11.9. The number of hydrogen-bond donors (Lipinski definition) is 1. The van der Waals surface area contributed by atoms with Crippen molar-refractivity contribution in [3.63, 3.8) is 0 Å². The number of nitro benzene ring substituents is 1. The molecule has 8 nitrogen and oxygen atoms in total. The Morgan fingerprint density at radius 2 is 1.97 bits per heavy atom. The number of carbonyl (C=O) groups is 1. The Labute approximate surface area is 189 Å². The second-order valence-electron chi connectivity index (χ2n) is 5.65. The van der Waals surface area contributed by atoms with E-state index in [0.717, 1.165) is 9.90 Å². The minimum Gasteiger partial charge on any atom is -0.272 e. The number of nitro groups is 1. The minimum atomic E-state index is -0.490. The quantitative estimate of drug-likeness (QED) is 0.206. The van der Waals surface area contributed by atoms with Gasteiger partial charge in [0, 0.05) is 28.5 Å². The average Bonchev–Trinajstić information content (AvgIpc) is 3.20. The van der Waals surface area contributed by atoms with E-state index in [4.69, 9.17) is 11.6 Å². The summed E-state index contributed by atoms with van der Waals surface area (Å²) in [6, 6.07) is 13.6. The van der Waals surface area contributed by atoms with Crippen LogP contribution in [0.5, 0.6) is 0 Å². The Bertz CT molecular complexity index is 1080. The third kappa shape index (κ3) is 6.80. The third-order valence-corrected chi connectivity index (χ3v) is 7.11. The van der Waals surface area contributed by atoms with Crippen LogP contribution in [0.4, 0.5) is 5.69 Å². The summed E-state index contributed by atoms with van der Waals surface area (Å²) < 4.78 is 1.47. The third-order valence-electron chi connectivity index (χ3n) is 3.51. The molecule has 0 radical (unpaired) electrons. The van der Waals surface area contributed by atoms with Gasteiger partial charge >= 0.3 is 0 Å². The number of carbonyl (C=O) groups excluding carboxylic acids is 1. The zero-order valence-electron chi connectivity index (χ0n) is 15.2. The summed E-state index contributed by atoms with van der Waals surface area (Å²) in [5.74, 6) is 0.490. The highest BCUT2D eigenvalue weighted by molar-refractivity contribution is 8.03. The highest BCUT2D eigenvalue weighted by Gasteiger charge is 2.09. The van der Waals surface area contributed by atoms with Gasteiger partial charge in [-0.1, -0.05) is 76.8 Å². The minimum absolute atomic E-state index is 0.0414. The lowest BCUT2D eigenvalue weighted by molar-refractivity contribution is -0.384. The lowest BCUT2D eigenvalue weighted by Crippen LogP contribution is -2.19. The number of nitrogens with one attached hydrogen (secondary N) is 1. The van der Waals surface area contributed by atoms with E-state index in [1.54, 1.807) is 12.1 Å². The van der Waals surface area contributed by atoms with Crippen molar-refractivity contribution < 1.29 is 9.72 Å². The van der Waals surface area contributed by atoms with E-state index in [9.17, 15) is 14.9 Å². The first-order valence-electron chi connectivity index (χ1n) is 8.40. The van der Waals surface area contributed by atoms with Crippen LogP contribution < -0.4 is 5.43 Å². The molecule has 0 aliphatic heterocycles. The summed E-state index contributed by atoms with van der Waals surface area (Å²) in [6.45, 7) is 0. The zero-order chi connectivity index (χ0) is 21.3. The number of hydrazone groups is 1. The molecule has 1 aromatic heterocycles. The van der Waals surface area contributed by atoms with Crippen molar-refractivity contribution in [2.75, 3.05) is 5.75 Å². The molecule has 0 saturated heterocycles. The molecule has 1 N–H and O–H groups in total. The van der Waals surface area contributed by atoms with Crippen LogP contribution in [0.1, 0.15) is 11.1 Å². The van der Waals surface area contributed by atoms with Gasteiger partial charge in [-0.05, 0) is 11.6 Å². The molecule has 0 spiro atoms. The molecule has 154 valence electrons. The topological polar surface area (TPSA) is 110 Å². The van der Waals surface area contributed by atoms with E-state index in [-0.39, 0.29) is 17.3 Å². The molecule has 3 rings (SSSR count). The molecule has 0 bridgehead atoms. The number of nitrogens with zero attached hydrogens (tertiary/aromatic N) is 4. The fourth-order valence-electron chi connectivity index (χ4n) is 2.13. The number of thioether (sulfide) groups is 2. The summed E-state index contributed by atoms with van der Waals surface area (Å²) in [7, 11) is 0. The van der Waals surface area contributed by atoms with Crippen molar-refractivity contribution in [3.05, 3.63) is 74.8 Å². The van der Waals surface area contributed by atoms with E-state index in [2.05, 4.69) is 20.7 Å². The smallest absolute Gasteiger partial charge is 0.270 e. The second kappa shape index (κ2) is 11.1. The molecule has 0 aliphatic carbocycles. The van der Waals surface area contributed by atoms with Crippen molar-refractivity contribution in [2.24, 2.45) is 5.10 Å². The van der Waals surface area contributed by atoms with E-state index < -0.39 is 4.92 Å². The molecule has 0 atom stereocenters. The molecule has 2 aromatic carbocycles. The molecule has 12 heteroatoms. The van der Waals surface area contributed by atoms with E-state index in [1.807, 2.05) is 24.3 Å². The Morgan fingerprint density at radius 1 is 1.20 bits per heavy atom. The van der Waals surface area contributed by atoms with Gasteiger partial charge in [-0.2, -0.15) is 5.10 Å². The zero-order valence-corrected chi connectivity index (χ0v) is 18.4. The van der Waals surface area contributed by atoms with Crippen molar-refractivity contribution in [2.45, 2.75) is 14.4 Å². The average molecular weight is 480 g/mol. The molecule has 1 heterocycles. The van der Waals surface area contributed by atoms with E-state index in [0.29, 0.717) is 20.7 Å². The van der Waals surface area contributed by atoms with Crippen molar-refractivity contribution in [1.29, 1.82) is 0 Å². The van der Waals surface area contributed by atoms with Crippen LogP contribution in [0.2, 0.25) is 5.02 Å². The van der Waals surface area contributed by atoms with Gasteiger partial charge in [0.1, 0.15) is 0 Å². The van der Waals surface area contributed by atoms with Gasteiger partial charge < -0.3 is 0 Å². The number of halogens is 1. The molecule has 3 aromatic rings. The number of benzene rings is 2. The maximum Gasteiger partial charge on any atom is 0.270 e. The molecule has 0 unspecified atom stereocenters. The van der Waals surface area contributed by atoms with Crippen LogP contribution in [0, 0.1) is 10.1 Å². The van der Waals surface area contributed by atoms with Crippen LogP contribution in [-0.2, 0) is 10.5 Å². The maximum atomic E-state index is 11.9. The summed E-state index contributed by atoms with van der Waals surface area (Å²) >= 11 is 10.3. The van der Waals surface area contributed by atoms with Crippen molar-refractivity contribution in [1.82, 2.24) is 15.6 Å². The fourth-order valence-corrected chi connectivity index (χ4v) is 5.22. The number of non-ortho nitro benzene ring substituents is 1. The van der Waals surface area contributed by atoms with Crippen LogP contribution in [0.3, 0.4) is 0 Å². The van der Waals surface area contributed by atoms with Crippen molar-refractivity contribution in [3.8, 4) is 0 Å². The molecule has 1 amide bonds. The highest BCUT2D eigenvalue weighted by atomic mass is 35.5. The van der Waals surface area contributed by atoms with E-state index in [1.165, 1.54) is 53.2 Å². The normalized spacial score (nSPS) is 11.0. The summed E-state index contributed by atoms with van der Waals surface area (Å²) in [5, 5.41) is 23.5. The summed E-state index contributed by atoms with van der Waals surface area (Å²) in [6.07, 6.45) is 1.35. The van der Waals surface area contributed by atoms with Crippen LogP contribution in [-0.4, -0.2) is 33.0 Å². The Kier molecular flexibility index (Phi) is 8.20. The molecule has 0 aliphatic rings. The van der Waals surface area contributed by atoms with Crippen LogP contribution >= 0.6 is 46.5 Å². The first-order valence-corrected chi connectivity index (χ1v) is 11.6. The van der Waals surface area contributed by atoms with Gasteiger partial charge in [0.2, 0.25) is 0 Å². The summed E-state index contributed by atoms with van der Waals surface area (Å²) in [5.41, 5.74) is 3.88. The van der Waals surface area contributed by atoms with Gasteiger partial charge in [-0.15, -0.1) is 10.2 Å². The highest BCUT2D eigenvalue weighted by Crippen LogP contribution is 2.32. The van der Waals surface area contributed by atoms with Gasteiger partial charge in [-0.25, -0.2) is 5.43 Å². The molecule has 0 fully saturated rings. The van der Waals surface area contributed by atoms with Gasteiger partial charge in [0.25, 0.3) is 11.6 Å². The largest absolute Gasteiger partial charge is 0.272 e. The Balaban J connectivity index is 1.43. The lowest BCUT2D eigenvalue weighted by Gasteiger charge is -2.00. The molecular weight excluding hydrogens is 466 g/mol. The van der Waals surface area contributed by atoms with Crippen LogP contribution in [0.15, 0.2) is 62.3 Å². The van der Waals surface area contributed by atoms with Gasteiger partial charge in [-0.3, -0.25) is 14.9 Å². The Morgan fingerprint density at radius 3 is 2.73 bits per heavy atom. The number of amides is 1. The van der Waals surface area contributed by atoms with E-state index >= 15 is 0 Å². The molecule has 30 heavy (non-hydrogen) atoms. The number of hydrogen-bond acceptors (Lipinski definition) is 9. The second-order valence-corrected chi connectivity index (χ2v) is 9.48. The molecule has 0 saturated carbocycles. The monoisotopic (exact) mass is 479 g/mol. The first kappa shape index (κ1) is 22.2. The number of rotatable bonds is 9. The number of aromatic nitrogens is 2. The first-order chi connectivity index (χ1) is 14.5. The lowest BCUT2D eigenvalue weighted by atomic mass is 10.2. The predicted octanol–water partition coefficient (Wildman–Crippen LogP) is 4.63. The van der Waals surface area contributed by atoms with Gasteiger partial charge in [0.05, 0.1) is 16.9 Å². The molecular formula is C18H14ClN5O3S3.